The van der Waals surface area contributed by atoms with Crippen molar-refractivity contribution in [1.29, 1.82) is 0 Å². The van der Waals surface area contributed by atoms with Gasteiger partial charge < -0.3 is 5.11 Å². The van der Waals surface area contributed by atoms with Gasteiger partial charge in [0.1, 0.15) is 5.01 Å². The molecule has 1 aliphatic heterocycles. The summed E-state index contributed by atoms with van der Waals surface area (Å²) in [5.41, 5.74) is 2.34. The number of aliphatic hydroxyl groups is 1. The maximum Gasteiger partial charge on any atom is 0.123 e. The molecule has 6 heteroatoms. The number of benzene rings is 1. The average Bonchev–Trinajstić information content (AvgIpc) is 3.33. The van der Waals surface area contributed by atoms with Crippen molar-refractivity contribution in [3.05, 3.63) is 59.4 Å². The molecule has 3 aromatic rings. The summed E-state index contributed by atoms with van der Waals surface area (Å²) in [5, 5.41) is 14.8. The normalized spacial score (nSPS) is 18.3. The van der Waals surface area contributed by atoms with E-state index in [1.54, 1.807) is 11.3 Å². The molecule has 1 N–H and O–H groups in total. The number of aromatic nitrogens is 3. The Morgan fingerprint density at radius 3 is 2.92 bits per heavy atom. The van der Waals surface area contributed by atoms with E-state index >= 15 is 0 Å². The maximum atomic E-state index is 9.06. The molecule has 4 rings (SSSR count). The Hall–Kier alpha value is -2.02. The number of aliphatic hydroxyl groups excluding tert-OH is 1. The lowest BCUT2D eigenvalue weighted by atomic mass is 9.95. The second kappa shape index (κ2) is 8.12. The SMILES string of the molecule is OCCn1ccc([C@H]2CCCN(Cc3cnc(-c4ccccc4)s3)C2)n1. The molecule has 5 nitrogen and oxygen atoms in total. The molecule has 26 heavy (non-hydrogen) atoms. The number of piperidine rings is 1. The Balaban J connectivity index is 1.40. The van der Waals surface area contributed by atoms with Crippen LogP contribution in [0.1, 0.15) is 29.3 Å². The zero-order chi connectivity index (χ0) is 17.8. The van der Waals surface area contributed by atoms with Gasteiger partial charge in [-0.25, -0.2) is 4.98 Å². The molecule has 1 saturated heterocycles. The molecule has 0 bridgehead atoms. The summed E-state index contributed by atoms with van der Waals surface area (Å²) < 4.78 is 1.84. The first-order valence-electron chi connectivity index (χ1n) is 9.18. The smallest absolute Gasteiger partial charge is 0.123 e. The van der Waals surface area contributed by atoms with Gasteiger partial charge in [0.25, 0.3) is 0 Å². The fourth-order valence-electron chi connectivity index (χ4n) is 3.58. The zero-order valence-corrected chi connectivity index (χ0v) is 15.6. The number of thiazole rings is 1. The van der Waals surface area contributed by atoms with Gasteiger partial charge in [-0.05, 0) is 25.5 Å². The van der Waals surface area contributed by atoms with Gasteiger partial charge in [0.15, 0.2) is 0 Å². The third kappa shape index (κ3) is 4.03. The minimum atomic E-state index is 0.132. The number of hydrogen-bond acceptors (Lipinski definition) is 5. The molecule has 1 fully saturated rings. The first-order valence-corrected chi connectivity index (χ1v) is 10.00. The first-order chi connectivity index (χ1) is 12.8. The van der Waals surface area contributed by atoms with E-state index in [9.17, 15) is 0 Å². The van der Waals surface area contributed by atoms with E-state index in [1.165, 1.54) is 23.3 Å². The molecule has 3 heterocycles. The summed E-state index contributed by atoms with van der Waals surface area (Å²) in [6.45, 7) is 3.83. The number of hydrogen-bond donors (Lipinski definition) is 1. The van der Waals surface area contributed by atoms with Gasteiger partial charge in [-0.15, -0.1) is 11.3 Å². The molecule has 1 aromatic carbocycles. The van der Waals surface area contributed by atoms with Crippen LogP contribution in [0.15, 0.2) is 48.8 Å². The van der Waals surface area contributed by atoms with Gasteiger partial charge in [-0.2, -0.15) is 5.10 Å². The molecule has 1 atom stereocenters. The van der Waals surface area contributed by atoms with E-state index < -0.39 is 0 Å². The lowest BCUT2D eigenvalue weighted by Gasteiger charge is -2.31. The number of likely N-dealkylation sites (tertiary alicyclic amines) is 1. The van der Waals surface area contributed by atoms with Crippen LogP contribution in [0.2, 0.25) is 0 Å². The maximum absolute atomic E-state index is 9.06. The highest BCUT2D eigenvalue weighted by Gasteiger charge is 2.23. The van der Waals surface area contributed by atoms with E-state index in [2.05, 4.69) is 45.3 Å². The highest BCUT2D eigenvalue weighted by Crippen LogP contribution is 2.29. The largest absolute Gasteiger partial charge is 0.394 e. The molecule has 0 spiro atoms. The van der Waals surface area contributed by atoms with Crippen LogP contribution in [0.3, 0.4) is 0 Å². The minimum Gasteiger partial charge on any atom is -0.394 e. The molecule has 1 aliphatic rings. The summed E-state index contributed by atoms with van der Waals surface area (Å²) in [7, 11) is 0. The summed E-state index contributed by atoms with van der Waals surface area (Å²) in [6.07, 6.45) is 6.37. The Morgan fingerprint density at radius 1 is 1.19 bits per heavy atom. The summed E-state index contributed by atoms with van der Waals surface area (Å²) in [4.78, 5) is 8.44. The van der Waals surface area contributed by atoms with Crippen molar-refractivity contribution in [2.75, 3.05) is 19.7 Å². The fourth-order valence-corrected chi connectivity index (χ4v) is 4.54. The molecular weight excluding hydrogens is 344 g/mol. The summed E-state index contributed by atoms with van der Waals surface area (Å²) >= 11 is 1.79. The molecule has 0 amide bonds. The quantitative estimate of drug-likeness (QED) is 0.725. The molecular formula is C20H24N4OS. The lowest BCUT2D eigenvalue weighted by Crippen LogP contribution is -2.33. The lowest BCUT2D eigenvalue weighted by molar-refractivity contribution is 0.199. The predicted molar refractivity (Wildman–Crippen MR) is 104 cm³/mol. The Morgan fingerprint density at radius 2 is 2.08 bits per heavy atom. The van der Waals surface area contributed by atoms with Crippen molar-refractivity contribution in [3.63, 3.8) is 0 Å². The summed E-state index contributed by atoms with van der Waals surface area (Å²) in [6, 6.07) is 12.5. The van der Waals surface area contributed by atoms with Crippen molar-refractivity contribution in [2.45, 2.75) is 31.8 Å². The predicted octanol–water partition coefficient (Wildman–Crippen LogP) is 3.38. The van der Waals surface area contributed by atoms with Crippen LogP contribution >= 0.6 is 11.3 Å². The average molecular weight is 369 g/mol. The summed E-state index contributed by atoms with van der Waals surface area (Å²) in [5.74, 6) is 0.477. The highest BCUT2D eigenvalue weighted by atomic mass is 32.1. The number of nitrogens with zero attached hydrogens (tertiary/aromatic N) is 4. The van der Waals surface area contributed by atoms with Crippen molar-refractivity contribution in [1.82, 2.24) is 19.7 Å². The van der Waals surface area contributed by atoms with Crippen LogP contribution in [0, 0.1) is 0 Å². The van der Waals surface area contributed by atoms with Gasteiger partial charge in [-0.1, -0.05) is 30.3 Å². The Bertz CT molecular complexity index is 829. The van der Waals surface area contributed by atoms with E-state index in [1.807, 2.05) is 23.1 Å². The molecule has 0 saturated carbocycles. The molecule has 0 unspecified atom stereocenters. The molecule has 2 aromatic heterocycles. The van der Waals surface area contributed by atoms with E-state index in [0.717, 1.165) is 30.3 Å². The second-order valence-corrected chi connectivity index (χ2v) is 7.91. The standard InChI is InChI=1S/C20H24N4OS/c25-12-11-24-10-8-19(22-24)17-7-4-9-23(14-17)15-18-13-21-20(26-18)16-5-2-1-3-6-16/h1-3,5-6,8,10,13,17,25H,4,7,9,11-12,14-15H2/t17-/m0/s1. The zero-order valence-electron chi connectivity index (χ0n) is 14.8. The third-order valence-corrected chi connectivity index (χ3v) is 5.90. The number of rotatable bonds is 6. The van der Waals surface area contributed by atoms with Crippen LogP contribution in [-0.2, 0) is 13.1 Å². The van der Waals surface area contributed by atoms with Gasteiger partial charge in [-0.3, -0.25) is 9.58 Å². The Kier molecular flexibility index (Phi) is 5.43. The highest BCUT2D eigenvalue weighted by molar-refractivity contribution is 7.15. The third-order valence-electron chi connectivity index (χ3n) is 4.87. The Labute approximate surface area is 157 Å². The van der Waals surface area contributed by atoms with Crippen LogP contribution in [-0.4, -0.2) is 44.5 Å². The van der Waals surface area contributed by atoms with Crippen molar-refractivity contribution in [3.8, 4) is 10.6 Å². The van der Waals surface area contributed by atoms with E-state index in [4.69, 9.17) is 5.11 Å². The van der Waals surface area contributed by atoms with Crippen molar-refractivity contribution >= 4 is 11.3 Å². The second-order valence-electron chi connectivity index (χ2n) is 6.80. The van der Waals surface area contributed by atoms with Crippen LogP contribution < -0.4 is 0 Å². The van der Waals surface area contributed by atoms with Gasteiger partial charge in [0.05, 0.1) is 18.8 Å². The first kappa shape index (κ1) is 17.4. The van der Waals surface area contributed by atoms with Gasteiger partial charge in [0.2, 0.25) is 0 Å². The molecule has 0 radical (unpaired) electrons. The van der Waals surface area contributed by atoms with Gasteiger partial charge in [0, 0.05) is 41.8 Å². The molecule has 136 valence electrons. The van der Waals surface area contributed by atoms with Crippen molar-refractivity contribution < 1.29 is 5.11 Å². The van der Waals surface area contributed by atoms with Gasteiger partial charge >= 0.3 is 0 Å². The van der Waals surface area contributed by atoms with Crippen LogP contribution in [0.4, 0.5) is 0 Å². The van der Waals surface area contributed by atoms with E-state index in [-0.39, 0.29) is 6.61 Å². The van der Waals surface area contributed by atoms with Crippen molar-refractivity contribution in [2.24, 2.45) is 0 Å². The van der Waals surface area contributed by atoms with Crippen LogP contribution in [0.25, 0.3) is 10.6 Å². The van der Waals surface area contributed by atoms with Crippen LogP contribution in [0.5, 0.6) is 0 Å². The monoisotopic (exact) mass is 368 g/mol. The van der Waals surface area contributed by atoms with E-state index in [0.29, 0.717) is 12.5 Å². The minimum absolute atomic E-state index is 0.132. The molecule has 0 aliphatic carbocycles. The fraction of sp³-hybridized carbons (Fsp3) is 0.400. The topological polar surface area (TPSA) is 54.2 Å².